The summed E-state index contributed by atoms with van der Waals surface area (Å²) in [5.41, 5.74) is 0. The Hall–Kier alpha value is -2.15. The number of rotatable bonds is 7. The fourth-order valence-corrected chi connectivity index (χ4v) is 4.36. The largest absolute Gasteiger partial charge is 0.461 e. The summed E-state index contributed by atoms with van der Waals surface area (Å²) in [5, 5.41) is 3.93. The number of hydrogen-bond acceptors (Lipinski definition) is 6. The predicted molar refractivity (Wildman–Crippen MR) is 105 cm³/mol. The van der Waals surface area contributed by atoms with Crippen molar-refractivity contribution in [3.05, 3.63) is 24.3 Å². The molecule has 0 saturated carbocycles. The van der Waals surface area contributed by atoms with Crippen LogP contribution in [-0.2, 0) is 11.2 Å². The minimum absolute atomic E-state index is 0.209. The van der Waals surface area contributed by atoms with E-state index in [1.807, 2.05) is 0 Å². The molecule has 2 aromatic rings. The van der Waals surface area contributed by atoms with Crippen molar-refractivity contribution < 1.29 is 13.7 Å². The van der Waals surface area contributed by atoms with Crippen molar-refractivity contribution >= 4 is 5.91 Å². The number of aryl methyl sites for hydroxylation is 1. The minimum Gasteiger partial charge on any atom is -0.461 e. The molecule has 2 aromatic heterocycles. The van der Waals surface area contributed by atoms with Crippen LogP contribution in [-0.4, -0.2) is 58.1 Å². The van der Waals surface area contributed by atoms with Crippen molar-refractivity contribution in [2.24, 2.45) is 0 Å². The normalized spacial score (nSPS) is 21.1. The zero-order valence-corrected chi connectivity index (χ0v) is 16.5. The first-order valence-corrected chi connectivity index (χ1v) is 10.7. The molecule has 0 spiro atoms. The average molecular weight is 386 g/mol. The van der Waals surface area contributed by atoms with Gasteiger partial charge in [-0.3, -0.25) is 4.79 Å². The summed E-state index contributed by atoms with van der Waals surface area (Å²) in [4.78, 5) is 21.9. The van der Waals surface area contributed by atoms with E-state index < -0.39 is 0 Å². The molecular formula is C21H30N4O3. The van der Waals surface area contributed by atoms with Gasteiger partial charge in [-0.25, -0.2) is 0 Å². The minimum atomic E-state index is 0.209. The fourth-order valence-electron chi connectivity index (χ4n) is 4.36. The molecule has 4 heterocycles. The molecule has 28 heavy (non-hydrogen) atoms. The summed E-state index contributed by atoms with van der Waals surface area (Å²) in [7, 11) is 0. The topological polar surface area (TPSA) is 75.6 Å². The van der Waals surface area contributed by atoms with Gasteiger partial charge in [-0.2, -0.15) is 4.98 Å². The van der Waals surface area contributed by atoms with E-state index in [1.54, 1.807) is 18.4 Å². The van der Waals surface area contributed by atoms with Crippen LogP contribution in [0.1, 0.15) is 57.3 Å². The smallest absolute Gasteiger partial charge is 0.238 e. The highest BCUT2D eigenvalue weighted by Gasteiger charge is 2.27. The van der Waals surface area contributed by atoms with Gasteiger partial charge in [-0.05, 0) is 63.7 Å². The Morgan fingerprint density at radius 2 is 2.00 bits per heavy atom. The molecule has 0 radical (unpaired) electrons. The molecule has 2 aliphatic rings. The molecule has 1 amide bonds. The highest BCUT2D eigenvalue weighted by molar-refractivity contribution is 5.76. The number of nitrogens with zero attached hydrogens (tertiary/aromatic N) is 4. The van der Waals surface area contributed by atoms with Crippen molar-refractivity contribution in [2.45, 2.75) is 63.8 Å². The van der Waals surface area contributed by atoms with E-state index in [0.29, 0.717) is 36.4 Å². The summed E-state index contributed by atoms with van der Waals surface area (Å²) in [5.74, 6) is 1.71. The van der Waals surface area contributed by atoms with Gasteiger partial charge in [0.25, 0.3) is 0 Å². The predicted octanol–water partition coefficient (Wildman–Crippen LogP) is 3.52. The average Bonchev–Trinajstić information content (AvgIpc) is 3.43. The Kier molecular flexibility index (Phi) is 6.41. The number of carbonyl (C=O) groups excluding carboxylic acids is 1. The van der Waals surface area contributed by atoms with Crippen LogP contribution in [0.5, 0.6) is 0 Å². The highest BCUT2D eigenvalue weighted by Crippen LogP contribution is 2.23. The molecule has 152 valence electrons. The van der Waals surface area contributed by atoms with E-state index in [2.05, 4.69) is 19.9 Å². The first-order valence-electron chi connectivity index (χ1n) is 10.7. The van der Waals surface area contributed by atoms with Crippen LogP contribution in [0.15, 0.2) is 27.3 Å². The first-order chi connectivity index (χ1) is 13.8. The number of carbonyl (C=O) groups is 1. The molecule has 2 saturated heterocycles. The van der Waals surface area contributed by atoms with Gasteiger partial charge in [0.15, 0.2) is 5.76 Å². The van der Waals surface area contributed by atoms with Crippen LogP contribution < -0.4 is 0 Å². The quantitative estimate of drug-likeness (QED) is 0.725. The van der Waals surface area contributed by atoms with E-state index in [1.165, 1.54) is 38.8 Å². The van der Waals surface area contributed by atoms with E-state index in [0.717, 1.165) is 32.4 Å². The second-order valence-electron chi connectivity index (χ2n) is 7.92. The van der Waals surface area contributed by atoms with Crippen molar-refractivity contribution in [1.82, 2.24) is 19.9 Å². The third-order valence-electron chi connectivity index (χ3n) is 5.94. The number of furan rings is 1. The molecule has 7 heteroatoms. The third kappa shape index (κ3) is 4.82. The Balaban J connectivity index is 1.28. The van der Waals surface area contributed by atoms with Crippen molar-refractivity contribution in [1.29, 1.82) is 0 Å². The van der Waals surface area contributed by atoms with E-state index in [4.69, 9.17) is 8.94 Å². The van der Waals surface area contributed by atoms with Gasteiger partial charge in [0.2, 0.25) is 17.6 Å². The Bertz CT molecular complexity index is 737. The first kappa shape index (κ1) is 19.2. The lowest BCUT2D eigenvalue weighted by atomic mass is 9.98. The fraction of sp³-hybridized carbons (Fsp3) is 0.667. The SMILES string of the molecule is O=C(CCc1nc(-c2ccco2)no1)N1CCCCC1CCN1CCCCC1. The number of hydrogen-bond donors (Lipinski definition) is 0. The second kappa shape index (κ2) is 9.37. The summed E-state index contributed by atoms with van der Waals surface area (Å²) >= 11 is 0. The molecule has 0 N–H and O–H groups in total. The number of aromatic nitrogens is 2. The molecule has 4 rings (SSSR count). The Morgan fingerprint density at radius 3 is 2.82 bits per heavy atom. The molecule has 2 fully saturated rings. The van der Waals surface area contributed by atoms with Crippen LogP contribution in [0, 0.1) is 0 Å². The maximum Gasteiger partial charge on any atom is 0.238 e. The van der Waals surface area contributed by atoms with E-state index in [-0.39, 0.29) is 5.91 Å². The van der Waals surface area contributed by atoms with Gasteiger partial charge in [0.1, 0.15) is 0 Å². The van der Waals surface area contributed by atoms with E-state index in [9.17, 15) is 4.79 Å². The summed E-state index contributed by atoms with van der Waals surface area (Å²) < 4.78 is 10.6. The lowest BCUT2D eigenvalue weighted by molar-refractivity contribution is -0.135. The van der Waals surface area contributed by atoms with Crippen molar-refractivity contribution in [3.8, 4) is 11.6 Å². The van der Waals surface area contributed by atoms with Gasteiger partial charge < -0.3 is 18.7 Å². The van der Waals surface area contributed by atoms with Crippen LogP contribution in [0.3, 0.4) is 0 Å². The number of likely N-dealkylation sites (tertiary alicyclic amines) is 2. The Morgan fingerprint density at radius 1 is 1.14 bits per heavy atom. The van der Waals surface area contributed by atoms with Crippen LogP contribution >= 0.6 is 0 Å². The zero-order valence-electron chi connectivity index (χ0n) is 16.5. The van der Waals surface area contributed by atoms with E-state index >= 15 is 0 Å². The van der Waals surface area contributed by atoms with Gasteiger partial charge in [0, 0.05) is 32.0 Å². The molecule has 0 aliphatic carbocycles. The van der Waals surface area contributed by atoms with Crippen molar-refractivity contribution in [3.63, 3.8) is 0 Å². The molecule has 2 aliphatic heterocycles. The summed E-state index contributed by atoms with van der Waals surface area (Å²) in [6.45, 7) is 4.43. The lowest BCUT2D eigenvalue weighted by Gasteiger charge is -2.37. The molecule has 1 unspecified atom stereocenters. The maximum absolute atomic E-state index is 12.9. The number of amides is 1. The van der Waals surface area contributed by atoms with Crippen LogP contribution in [0.2, 0.25) is 0 Å². The monoisotopic (exact) mass is 386 g/mol. The summed E-state index contributed by atoms with van der Waals surface area (Å²) in [6, 6.07) is 3.96. The molecule has 0 bridgehead atoms. The van der Waals surface area contributed by atoms with Gasteiger partial charge in [-0.1, -0.05) is 11.6 Å². The van der Waals surface area contributed by atoms with Crippen LogP contribution in [0.25, 0.3) is 11.6 Å². The molecule has 1 atom stereocenters. The van der Waals surface area contributed by atoms with Gasteiger partial charge in [-0.15, -0.1) is 0 Å². The number of piperidine rings is 2. The van der Waals surface area contributed by atoms with Gasteiger partial charge in [0.05, 0.1) is 6.26 Å². The second-order valence-corrected chi connectivity index (χ2v) is 7.92. The molecular weight excluding hydrogens is 356 g/mol. The van der Waals surface area contributed by atoms with Crippen LogP contribution in [0.4, 0.5) is 0 Å². The standard InChI is InChI=1S/C21H30N4O3/c26-20(10-9-19-22-21(23-28-19)18-8-6-16-27-18)25-14-5-2-7-17(25)11-15-24-12-3-1-4-13-24/h6,8,16-17H,1-5,7,9-15H2. The Labute approximate surface area is 166 Å². The maximum atomic E-state index is 12.9. The van der Waals surface area contributed by atoms with Crippen molar-refractivity contribution in [2.75, 3.05) is 26.2 Å². The van der Waals surface area contributed by atoms with Gasteiger partial charge >= 0.3 is 0 Å². The lowest BCUT2D eigenvalue weighted by Crippen LogP contribution is -2.45. The highest BCUT2D eigenvalue weighted by atomic mass is 16.5. The molecule has 7 nitrogen and oxygen atoms in total. The third-order valence-corrected chi connectivity index (χ3v) is 5.94. The zero-order chi connectivity index (χ0) is 19.2. The molecule has 0 aromatic carbocycles. The summed E-state index contributed by atoms with van der Waals surface area (Å²) in [6.07, 6.45) is 11.0.